The van der Waals surface area contributed by atoms with E-state index in [1.165, 1.54) is 59.3 Å². The van der Waals surface area contributed by atoms with Crippen LogP contribution in [-0.4, -0.2) is 317 Å². The summed E-state index contributed by atoms with van der Waals surface area (Å²) in [4.78, 5) is 268. The molecule has 15 atom stereocenters. The summed E-state index contributed by atoms with van der Waals surface area (Å²) in [6, 6.07) is -3.55. The highest BCUT2D eigenvalue weighted by molar-refractivity contribution is 8.00. The number of rotatable bonds is 21. The highest BCUT2D eigenvalue weighted by Crippen LogP contribution is 2.27. The lowest BCUT2D eigenvalue weighted by Gasteiger charge is -2.36. The van der Waals surface area contributed by atoms with E-state index in [1.54, 1.807) is 60.9 Å². The number of carbonyl (C=O) groups excluding carboxylic acids is 17. The number of carbonyl (C=O) groups is 18. The minimum atomic E-state index is -2.07. The number of nitrogens with one attached hydrogen (secondary N) is 12. The number of H-pyrrole nitrogens is 2. The number of nitrogens with zero attached hydrogens (tertiary/aromatic N) is 5. The quantitative estimate of drug-likeness (QED) is 0.0332. The van der Waals surface area contributed by atoms with E-state index in [1.807, 2.05) is 13.8 Å². The zero-order valence-corrected chi connectivity index (χ0v) is 71.9. The second-order valence-corrected chi connectivity index (χ2v) is 32.6. The van der Waals surface area contributed by atoms with Crippen LogP contribution in [0.15, 0.2) is 85.2 Å². The molecule has 8 rings (SSSR count). The summed E-state index contributed by atoms with van der Waals surface area (Å²) in [6.45, 7) is 2.79. The topological polar surface area (TPSA) is 634 Å². The maximum Gasteiger partial charge on any atom is 0.305 e. The van der Waals surface area contributed by atoms with E-state index in [4.69, 9.17) is 17.2 Å². The Balaban J connectivity index is 0.0000221. The van der Waals surface area contributed by atoms with Gasteiger partial charge in [0.2, 0.25) is 100 Å². The number of amides is 17. The van der Waals surface area contributed by atoms with Crippen molar-refractivity contribution < 1.29 is 107 Å². The SMILES string of the molecule is C.CCCC[C@H]1C(=O)N(C)[C@@H](CCCC)C(=O)N[C@@H](C)C(=O)N[C@H](C(=O)NCC(N)=O)CSCC(=O)N[C@@H](Cc2ccc(O)cc2)C(=O)N(C)[C@@H](C)C(=O)N[C@@H](CC(N)=O)C(=O)N2CCC[C@H]2C(=O)N[C@@H](CN)C(=O)N[C@@H](CC(=O)O)C(=O)N2C[C@H](O)C[C@H]2C(=O)N[C@@H](Cc2c[nH]c3ccccc23)C(=O)N[C@@H](CO)C(=O)N[C@@H](Cc2c[nH]c3ccccc23)C(=O)N1C. The number of benzene rings is 3. The minimum Gasteiger partial charge on any atom is -0.508 e. The van der Waals surface area contributed by atoms with E-state index in [9.17, 15) is 92.3 Å². The van der Waals surface area contributed by atoms with Crippen molar-refractivity contribution in [1.82, 2.24) is 87.6 Å². The molecule has 5 aromatic rings. The number of phenolic OH excluding ortho intramolecular Hbond substituents is 1. The molecule has 3 fully saturated rings. The lowest BCUT2D eigenvalue weighted by Crippen LogP contribution is -2.62. The number of hydrogen-bond donors (Lipinski definition) is 19. The monoisotopic (exact) mass is 1790 g/mol. The summed E-state index contributed by atoms with van der Waals surface area (Å²) in [7, 11) is 3.85. The third-order valence-electron chi connectivity index (χ3n) is 22.4. The van der Waals surface area contributed by atoms with E-state index < -0.39 is 254 Å². The summed E-state index contributed by atoms with van der Waals surface area (Å²) >= 11 is 0.764. The molecular formula is C84H118N20O22S. The maximum absolute atomic E-state index is 15.5. The zero-order valence-electron chi connectivity index (χ0n) is 71.1. The normalized spacial score (nSPS) is 25.5. The fraction of sp³-hybridized carbons (Fsp3) is 0.524. The van der Waals surface area contributed by atoms with Gasteiger partial charge in [0.05, 0.1) is 37.9 Å². The van der Waals surface area contributed by atoms with Crippen LogP contribution in [0.25, 0.3) is 21.8 Å². The Kier molecular flexibility index (Phi) is 37.9. The number of thioether (sulfide) groups is 1. The van der Waals surface area contributed by atoms with Crippen molar-refractivity contribution in [2.75, 3.05) is 65.4 Å². The molecule has 692 valence electrons. The van der Waals surface area contributed by atoms with Crippen molar-refractivity contribution in [2.45, 2.75) is 216 Å². The van der Waals surface area contributed by atoms with Gasteiger partial charge in [0.25, 0.3) is 0 Å². The number of aromatic amines is 2. The van der Waals surface area contributed by atoms with Crippen molar-refractivity contribution in [1.29, 1.82) is 0 Å². The molecule has 3 saturated heterocycles. The predicted octanol–water partition coefficient (Wildman–Crippen LogP) is -4.11. The smallest absolute Gasteiger partial charge is 0.305 e. The standard InChI is InChI=1S/C83H114N20O22S.CH4/c1-8-10-21-62-76(118)90-43(3)70(112)98-61(72(114)89-38-67(86)108)41-126-42-68(109)91-55(29-45-24-26-48(105)27-25-45)79(121)99(5)44(4)71(113)93-57(33-66(85)107)81(123)102-28-16-23-63(102)77(119)96-59(35-84)74(116)95-58(34-69(110)111)82(124)103-39-49(106)32-65(103)78(120)92-54(30-46-36-87-52-19-14-12-17-50(46)52)73(115)97-60(40-104)75(117)94-56(31-47-37-88-53-20-15-13-18-51(47)53)80(122)101(7)64(22-11-9-2)83(125)100(62)6;/h12-15,17-20,24-27,36-37,43-44,49,54-65,87-88,104-106H,8-11,16,21-23,28-35,38-42,84H2,1-7H3,(H2,85,107)(H2,86,108)(H,89,114)(H,90,118)(H,91,109)(H,92,120)(H,93,113)(H,94,117)(H,95,116)(H,96,119)(H,97,115)(H,98,112)(H,110,111);1H4/t43-,44-,49+,54-,55-,56-,57-,58-,59-,60-,61-,62-,63-,64-,65-;/m0./s1. The Morgan fingerprint density at radius 2 is 1.05 bits per heavy atom. The Morgan fingerprint density at radius 1 is 0.535 bits per heavy atom. The van der Waals surface area contributed by atoms with Gasteiger partial charge in [0.15, 0.2) is 0 Å². The average molecular weight is 1790 g/mol. The second kappa shape index (κ2) is 47.5. The molecule has 17 amide bonds. The van der Waals surface area contributed by atoms with Crippen LogP contribution in [0.3, 0.4) is 0 Å². The van der Waals surface area contributed by atoms with Crippen LogP contribution in [0, 0.1) is 0 Å². The molecule has 3 aromatic carbocycles. The Bertz CT molecular complexity index is 4820. The van der Waals surface area contributed by atoms with Gasteiger partial charge in [-0.2, -0.15) is 0 Å². The van der Waals surface area contributed by atoms with Crippen molar-refractivity contribution in [3.8, 4) is 5.75 Å². The molecule has 5 heterocycles. The molecule has 42 nitrogen and oxygen atoms in total. The van der Waals surface area contributed by atoms with Gasteiger partial charge in [-0.25, -0.2) is 0 Å². The molecule has 0 saturated carbocycles. The number of likely N-dealkylation sites (N-methyl/N-ethyl adjacent to an activating group) is 3. The number of hydrogen-bond acceptors (Lipinski definition) is 23. The highest BCUT2D eigenvalue weighted by Gasteiger charge is 2.47. The fourth-order valence-electron chi connectivity index (χ4n) is 15.2. The largest absolute Gasteiger partial charge is 0.508 e. The van der Waals surface area contributed by atoms with Gasteiger partial charge in [-0.1, -0.05) is 95.5 Å². The Hall–Kier alpha value is -12.8. The van der Waals surface area contributed by atoms with Crippen LogP contribution >= 0.6 is 11.8 Å². The predicted molar refractivity (Wildman–Crippen MR) is 463 cm³/mol. The van der Waals surface area contributed by atoms with Crippen LogP contribution < -0.4 is 70.4 Å². The Labute approximate surface area is 736 Å². The molecule has 0 unspecified atom stereocenters. The van der Waals surface area contributed by atoms with E-state index in [0.29, 0.717) is 64.2 Å². The van der Waals surface area contributed by atoms with E-state index in [0.717, 1.165) is 36.3 Å². The number of aromatic hydroxyl groups is 1. The first-order valence-corrected chi connectivity index (χ1v) is 42.7. The maximum atomic E-state index is 15.5. The third kappa shape index (κ3) is 27.4. The molecule has 0 radical (unpaired) electrons. The van der Waals surface area contributed by atoms with Gasteiger partial charge in [-0.15, -0.1) is 11.8 Å². The molecular weight excluding hydrogens is 1670 g/mol. The van der Waals surface area contributed by atoms with E-state index in [2.05, 4.69) is 63.1 Å². The first-order chi connectivity index (χ1) is 59.9. The Morgan fingerprint density at radius 3 is 1.64 bits per heavy atom. The van der Waals surface area contributed by atoms with Gasteiger partial charge in [-0.3, -0.25) is 86.3 Å². The van der Waals surface area contributed by atoms with Gasteiger partial charge in [0.1, 0.15) is 90.3 Å². The lowest BCUT2D eigenvalue weighted by atomic mass is 10.00. The molecule has 0 bridgehead atoms. The number of phenols is 1. The molecule has 0 spiro atoms. The number of aromatic nitrogens is 2. The minimum absolute atomic E-state index is 0. The van der Waals surface area contributed by atoms with Gasteiger partial charge < -0.3 is 125 Å². The number of primary amides is 2. The summed E-state index contributed by atoms with van der Waals surface area (Å²) in [5, 5.41) is 68.9. The highest BCUT2D eigenvalue weighted by atomic mass is 32.2. The van der Waals surface area contributed by atoms with Gasteiger partial charge in [-0.05, 0) is 80.5 Å². The van der Waals surface area contributed by atoms with Crippen LogP contribution in [0.2, 0.25) is 0 Å². The number of unbranched alkanes of at least 4 members (excludes halogenated alkanes) is 2. The number of aliphatic hydroxyl groups is 2. The second-order valence-electron chi connectivity index (χ2n) is 31.6. The van der Waals surface area contributed by atoms with Gasteiger partial charge >= 0.3 is 5.97 Å². The molecule has 2 aromatic heterocycles. The van der Waals surface area contributed by atoms with Crippen LogP contribution in [0.4, 0.5) is 0 Å². The average Bonchev–Trinajstić information content (AvgIpc) is 1.75. The molecule has 127 heavy (non-hydrogen) atoms. The third-order valence-corrected chi connectivity index (χ3v) is 23.4. The van der Waals surface area contributed by atoms with Crippen molar-refractivity contribution in [2.24, 2.45) is 17.2 Å². The zero-order chi connectivity index (χ0) is 92.5. The summed E-state index contributed by atoms with van der Waals surface area (Å²) in [6.07, 6.45) is -0.102. The number of carboxylic acids is 1. The molecule has 0 aliphatic carbocycles. The molecule has 3 aliphatic heterocycles. The first-order valence-electron chi connectivity index (χ1n) is 41.5. The first kappa shape index (κ1) is 101. The molecule has 43 heteroatoms. The van der Waals surface area contributed by atoms with Crippen molar-refractivity contribution in [3.63, 3.8) is 0 Å². The molecule has 22 N–H and O–H groups in total. The fourth-order valence-corrected chi connectivity index (χ4v) is 16.1. The lowest BCUT2D eigenvalue weighted by molar-refractivity contribution is -0.149. The van der Waals surface area contributed by atoms with E-state index >= 15 is 14.4 Å². The summed E-state index contributed by atoms with van der Waals surface area (Å²) in [5.41, 5.74) is 19.6. The number of aliphatic carboxylic acids is 1. The van der Waals surface area contributed by atoms with Crippen molar-refractivity contribution in [3.05, 3.63) is 102 Å². The van der Waals surface area contributed by atoms with Gasteiger partial charge in [0, 0.05) is 106 Å². The number of fused-ring (bicyclic) bond motifs is 4. The van der Waals surface area contributed by atoms with Crippen LogP contribution in [0.5, 0.6) is 5.75 Å². The summed E-state index contributed by atoms with van der Waals surface area (Å²) in [5.74, 6) is -20.0. The number of carboxylic acid groups (broad SMARTS) is 1. The summed E-state index contributed by atoms with van der Waals surface area (Å²) < 4.78 is 0. The van der Waals surface area contributed by atoms with E-state index in [-0.39, 0.29) is 64.7 Å². The number of para-hydroxylation sites is 2. The van der Waals surface area contributed by atoms with Crippen molar-refractivity contribution >= 4 is 140 Å². The van der Waals surface area contributed by atoms with Crippen LogP contribution in [0.1, 0.15) is 122 Å². The number of aliphatic hydroxyl groups excluding tert-OH is 2. The van der Waals surface area contributed by atoms with Crippen LogP contribution in [-0.2, 0) is 106 Å². The number of nitrogens with two attached hydrogens (primary N) is 3. The molecule has 3 aliphatic rings.